The van der Waals surface area contributed by atoms with E-state index in [9.17, 15) is 9.18 Å². The maximum Gasteiger partial charge on any atom is 0.315 e. The molecule has 4 nitrogen and oxygen atoms in total. The molecular weight excluding hydrogens is 341 g/mol. The number of halogens is 1. The molecule has 0 saturated carbocycles. The van der Waals surface area contributed by atoms with E-state index in [2.05, 4.69) is 27.7 Å². The van der Waals surface area contributed by atoms with Crippen LogP contribution in [0.1, 0.15) is 31.4 Å². The fourth-order valence-electron chi connectivity index (χ4n) is 3.58. The quantitative estimate of drug-likeness (QED) is 0.816. The molecule has 1 aliphatic heterocycles. The SMILES string of the molecule is CC(C)(CNC(=O)NC1CCN(Cc2ccccc2)C1)c1ccccc1F. The lowest BCUT2D eigenvalue weighted by atomic mass is 9.84. The Morgan fingerprint density at radius 3 is 2.59 bits per heavy atom. The number of hydrogen-bond acceptors (Lipinski definition) is 2. The third-order valence-electron chi connectivity index (χ3n) is 5.15. The predicted octanol–water partition coefficient (Wildman–Crippen LogP) is 3.68. The minimum atomic E-state index is -0.475. The number of nitrogens with one attached hydrogen (secondary N) is 2. The zero-order valence-corrected chi connectivity index (χ0v) is 16.0. The van der Waals surface area contributed by atoms with Crippen LogP contribution in [-0.2, 0) is 12.0 Å². The van der Waals surface area contributed by atoms with Crippen LogP contribution in [0.3, 0.4) is 0 Å². The van der Waals surface area contributed by atoms with Crippen molar-refractivity contribution >= 4 is 6.03 Å². The molecule has 3 rings (SSSR count). The van der Waals surface area contributed by atoms with Crippen molar-refractivity contribution in [3.63, 3.8) is 0 Å². The lowest BCUT2D eigenvalue weighted by Crippen LogP contribution is -2.47. The highest BCUT2D eigenvalue weighted by Crippen LogP contribution is 2.24. The maximum atomic E-state index is 14.0. The first kappa shape index (κ1) is 19.4. The number of rotatable bonds is 6. The monoisotopic (exact) mass is 369 g/mol. The van der Waals surface area contributed by atoms with E-state index in [0.717, 1.165) is 26.1 Å². The fraction of sp³-hybridized carbons (Fsp3) is 0.409. The zero-order valence-electron chi connectivity index (χ0n) is 16.0. The Balaban J connectivity index is 1.45. The Labute approximate surface area is 160 Å². The van der Waals surface area contributed by atoms with Crippen molar-refractivity contribution in [2.45, 2.75) is 38.3 Å². The van der Waals surface area contributed by atoms with E-state index < -0.39 is 5.41 Å². The molecule has 1 fully saturated rings. The van der Waals surface area contributed by atoms with E-state index in [0.29, 0.717) is 12.1 Å². The lowest BCUT2D eigenvalue weighted by molar-refractivity contribution is 0.233. The van der Waals surface area contributed by atoms with Crippen molar-refractivity contribution in [3.8, 4) is 0 Å². The third kappa shape index (κ3) is 5.30. The second kappa shape index (κ2) is 8.53. The van der Waals surface area contributed by atoms with Crippen molar-refractivity contribution in [2.24, 2.45) is 0 Å². The van der Waals surface area contributed by atoms with E-state index in [4.69, 9.17) is 0 Å². The molecular formula is C22H28FN3O. The molecule has 1 heterocycles. The van der Waals surface area contributed by atoms with Gasteiger partial charge in [0.05, 0.1) is 0 Å². The van der Waals surface area contributed by atoms with Gasteiger partial charge in [0, 0.05) is 37.6 Å². The second-order valence-electron chi connectivity index (χ2n) is 7.90. The number of carbonyl (C=O) groups is 1. The van der Waals surface area contributed by atoms with Crippen LogP contribution in [0, 0.1) is 5.82 Å². The number of nitrogens with zero attached hydrogens (tertiary/aromatic N) is 1. The van der Waals surface area contributed by atoms with Crippen LogP contribution in [0.25, 0.3) is 0 Å². The van der Waals surface area contributed by atoms with Gasteiger partial charge in [0.2, 0.25) is 0 Å². The highest BCUT2D eigenvalue weighted by Gasteiger charge is 2.27. The first-order chi connectivity index (χ1) is 12.9. The normalized spacial score (nSPS) is 17.7. The van der Waals surface area contributed by atoms with Gasteiger partial charge in [0.15, 0.2) is 0 Å². The predicted molar refractivity (Wildman–Crippen MR) is 106 cm³/mol. The Morgan fingerprint density at radius 1 is 1.15 bits per heavy atom. The number of likely N-dealkylation sites (tertiary alicyclic amines) is 1. The smallest absolute Gasteiger partial charge is 0.315 e. The summed E-state index contributed by atoms with van der Waals surface area (Å²) < 4.78 is 14.0. The van der Waals surface area contributed by atoms with E-state index in [-0.39, 0.29) is 17.9 Å². The highest BCUT2D eigenvalue weighted by atomic mass is 19.1. The number of hydrogen-bond donors (Lipinski definition) is 2. The molecule has 2 N–H and O–H groups in total. The molecule has 5 heteroatoms. The maximum absolute atomic E-state index is 14.0. The van der Waals surface area contributed by atoms with E-state index in [1.54, 1.807) is 12.1 Å². The van der Waals surface area contributed by atoms with Crippen LogP contribution < -0.4 is 10.6 Å². The first-order valence-electron chi connectivity index (χ1n) is 9.50. The Morgan fingerprint density at radius 2 is 1.85 bits per heavy atom. The molecule has 2 aromatic rings. The summed E-state index contributed by atoms with van der Waals surface area (Å²) in [5, 5.41) is 5.95. The van der Waals surface area contributed by atoms with E-state index in [1.165, 1.54) is 11.6 Å². The van der Waals surface area contributed by atoms with Crippen molar-refractivity contribution < 1.29 is 9.18 Å². The molecule has 144 valence electrons. The molecule has 1 saturated heterocycles. The van der Waals surface area contributed by atoms with Crippen molar-refractivity contribution in [2.75, 3.05) is 19.6 Å². The number of benzene rings is 2. The van der Waals surface area contributed by atoms with Gasteiger partial charge in [-0.15, -0.1) is 0 Å². The Bertz CT molecular complexity index is 763. The highest BCUT2D eigenvalue weighted by molar-refractivity contribution is 5.74. The van der Waals surface area contributed by atoms with Crippen molar-refractivity contribution in [3.05, 3.63) is 71.5 Å². The van der Waals surface area contributed by atoms with Gasteiger partial charge in [-0.3, -0.25) is 4.90 Å². The lowest BCUT2D eigenvalue weighted by Gasteiger charge is -2.26. The minimum absolute atomic E-state index is 0.144. The molecule has 0 bridgehead atoms. The number of urea groups is 1. The molecule has 0 radical (unpaired) electrons. The third-order valence-corrected chi connectivity index (χ3v) is 5.15. The molecule has 1 aliphatic rings. The van der Waals surface area contributed by atoms with Gasteiger partial charge in [-0.25, -0.2) is 9.18 Å². The summed E-state index contributed by atoms with van der Waals surface area (Å²) in [6.45, 7) is 6.96. The summed E-state index contributed by atoms with van der Waals surface area (Å²) in [7, 11) is 0. The van der Waals surface area contributed by atoms with Crippen LogP contribution in [0.5, 0.6) is 0 Å². The van der Waals surface area contributed by atoms with Gasteiger partial charge in [-0.05, 0) is 23.6 Å². The van der Waals surface area contributed by atoms with Gasteiger partial charge in [0.1, 0.15) is 5.82 Å². The summed E-state index contributed by atoms with van der Waals surface area (Å²) in [4.78, 5) is 14.6. The summed E-state index contributed by atoms with van der Waals surface area (Å²) in [5.74, 6) is -0.239. The van der Waals surface area contributed by atoms with Crippen molar-refractivity contribution in [1.29, 1.82) is 0 Å². The molecule has 0 spiro atoms. The molecule has 27 heavy (non-hydrogen) atoms. The summed E-state index contributed by atoms with van der Waals surface area (Å²) in [6, 6.07) is 17.0. The molecule has 2 amide bonds. The Kier molecular flexibility index (Phi) is 6.11. The van der Waals surface area contributed by atoms with Gasteiger partial charge < -0.3 is 10.6 Å². The van der Waals surface area contributed by atoms with Gasteiger partial charge >= 0.3 is 6.03 Å². The molecule has 0 aliphatic carbocycles. The van der Waals surface area contributed by atoms with Crippen molar-refractivity contribution in [1.82, 2.24) is 15.5 Å². The summed E-state index contributed by atoms with van der Waals surface area (Å²) >= 11 is 0. The zero-order chi connectivity index (χ0) is 19.3. The molecule has 2 aromatic carbocycles. The molecule has 0 aromatic heterocycles. The van der Waals surface area contributed by atoms with Crippen LogP contribution in [0.2, 0.25) is 0 Å². The minimum Gasteiger partial charge on any atom is -0.337 e. The first-order valence-corrected chi connectivity index (χ1v) is 9.50. The molecule has 1 atom stereocenters. The topological polar surface area (TPSA) is 44.4 Å². The van der Waals surface area contributed by atoms with Gasteiger partial charge in [-0.2, -0.15) is 0 Å². The van der Waals surface area contributed by atoms with Gasteiger partial charge in [0.25, 0.3) is 0 Å². The summed E-state index contributed by atoms with van der Waals surface area (Å²) in [5.41, 5.74) is 1.42. The summed E-state index contributed by atoms with van der Waals surface area (Å²) in [6.07, 6.45) is 0.941. The number of amides is 2. The largest absolute Gasteiger partial charge is 0.337 e. The average molecular weight is 369 g/mol. The Hall–Kier alpha value is -2.40. The number of carbonyl (C=O) groups excluding carboxylic acids is 1. The van der Waals surface area contributed by atoms with Crippen LogP contribution >= 0.6 is 0 Å². The van der Waals surface area contributed by atoms with E-state index in [1.807, 2.05) is 38.1 Å². The van der Waals surface area contributed by atoms with E-state index >= 15 is 0 Å². The van der Waals surface area contributed by atoms with Gasteiger partial charge in [-0.1, -0.05) is 62.4 Å². The standard InChI is InChI=1S/C22H28FN3O/c1-22(2,19-10-6-7-11-20(19)23)16-24-21(27)25-18-12-13-26(15-18)14-17-8-4-3-5-9-17/h3-11,18H,12-16H2,1-2H3,(H2,24,25,27). The fourth-order valence-corrected chi connectivity index (χ4v) is 3.58. The second-order valence-corrected chi connectivity index (χ2v) is 7.90. The molecule has 1 unspecified atom stereocenters. The van der Waals surface area contributed by atoms with Crippen LogP contribution in [-0.4, -0.2) is 36.6 Å². The average Bonchev–Trinajstić information content (AvgIpc) is 3.08. The van der Waals surface area contributed by atoms with Crippen LogP contribution in [0.15, 0.2) is 54.6 Å². The van der Waals surface area contributed by atoms with Crippen LogP contribution in [0.4, 0.5) is 9.18 Å².